The van der Waals surface area contributed by atoms with Crippen LogP contribution < -0.4 is 4.74 Å². The summed E-state index contributed by atoms with van der Waals surface area (Å²) >= 11 is 3.31. The third-order valence-corrected chi connectivity index (χ3v) is 3.09. The number of halogens is 1. The highest BCUT2D eigenvalue weighted by Crippen LogP contribution is 2.26. The minimum absolute atomic E-state index is 0.0619. The molecule has 0 aliphatic carbocycles. The maximum Gasteiger partial charge on any atom is 0.260 e. The van der Waals surface area contributed by atoms with Gasteiger partial charge in [-0.1, -0.05) is 15.9 Å². The molecule has 0 heterocycles. The Hall–Kier alpha value is -1.36. The van der Waals surface area contributed by atoms with Crippen LogP contribution in [0.1, 0.15) is 22.8 Å². The molecule has 4 nitrogen and oxygen atoms in total. The molecule has 1 rings (SSSR count). The first-order chi connectivity index (χ1) is 8.49. The summed E-state index contributed by atoms with van der Waals surface area (Å²) in [5.41, 5.74) is 1.26. The van der Waals surface area contributed by atoms with E-state index < -0.39 is 0 Å². The molecule has 0 aliphatic heterocycles. The number of likely N-dealkylation sites (N-methyl/N-ethyl adjacent to an activating group) is 1. The van der Waals surface area contributed by atoms with Crippen molar-refractivity contribution in [3.05, 3.63) is 27.7 Å². The number of carbonyl (C=O) groups is 2. The Morgan fingerprint density at radius 2 is 2.17 bits per heavy atom. The molecule has 1 aromatic rings. The fourth-order valence-corrected chi connectivity index (χ4v) is 2.05. The highest BCUT2D eigenvalue weighted by molar-refractivity contribution is 9.10. The van der Waals surface area contributed by atoms with Crippen LogP contribution in [-0.4, -0.2) is 37.3 Å². The van der Waals surface area contributed by atoms with Gasteiger partial charge in [-0.15, -0.1) is 0 Å². The lowest BCUT2D eigenvalue weighted by molar-refractivity contribution is -0.131. The predicted molar refractivity (Wildman–Crippen MR) is 73.1 cm³/mol. The van der Waals surface area contributed by atoms with Crippen molar-refractivity contribution in [2.45, 2.75) is 13.8 Å². The molecule has 98 valence electrons. The van der Waals surface area contributed by atoms with Gasteiger partial charge in [0.2, 0.25) is 0 Å². The van der Waals surface area contributed by atoms with Gasteiger partial charge in [0.15, 0.2) is 12.9 Å². The Kier molecular flexibility index (Phi) is 5.34. The number of nitrogens with zero attached hydrogens (tertiary/aromatic N) is 1. The fourth-order valence-electron chi connectivity index (χ4n) is 1.46. The van der Waals surface area contributed by atoms with E-state index in [1.54, 1.807) is 18.0 Å². The quantitative estimate of drug-likeness (QED) is 0.784. The summed E-state index contributed by atoms with van der Waals surface area (Å²) in [5, 5.41) is 0. The minimum atomic E-state index is -0.114. The number of benzene rings is 1. The second kappa shape index (κ2) is 6.54. The first-order valence-electron chi connectivity index (χ1n) is 5.61. The van der Waals surface area contributed by atoms with E-state index in [1.165, 1.54) is 0 Å². The molecular weight excluding hydrogens is 298 g/mol. The number of rotatable bonds is 5. The maximum absolute atomic E-state index is 11.6. The van der Waals surface area contributed by atoms with E-state index in [0.29, 0.717) is 17.9 Å². The second-order valence-electron chi connectivity index (χ2n) is 3.96. The topological polar surface area (TPSA) is 46.6 Å². The summed E-state index contributed by atoms with van der Waals surface area (Å²) in [4.78, 5) is 24.2. The van der Waals surface area contributed by atoms with Crippen molar-refractivity contribution >= 4 is 28.1 Å². The Labute approximate surface area is 115 Å². The summed E-state index contributed by atoms with van der Waals surface area (Å²) in [6.45, 7) is 4.29. The van der Waals surface area contributed by atoms with Gasteiger partial charge in [-0.05, 0) is 31.5 Å². The summed E-state index contributed by atoms with van der Waals surface area (Å²) < 4.78 is 6.27. The predicted octanol–water partition coefficient (Wildman–Crippen LogP) is 2.43. The van der Waals surface area contributed by atoms with Gasteiger partial charge in [0.25, 0.3) is 5.91 Å². The number of hydrogen-bond acceptors (Lipinski definition) is 3. The maximum atomic E-state index is 11.6. The SMILES string of the molecule is CCN(C)C(=O)COc1c(C)cc(Br)cc1C=O. The molecular formula is C13H16BrNO3. The third-order valence-electron chi connectivity index (χ3n) is 2.64. The normalized spacial score (nSPS) is 10.0. The van der Waals surface area contributed by atoms with Crippen molar-refractivity contribution in [1.82, 2.24) is 4.90 Å². The van der Waals surface area contributed by atoms with Gasteiger partial charge in [-0.3, -0.25) is 9.59 Å². The van der Waals surface area contributed by atoms with E-state index >= 15 is 0 Å². The molecule has 0 N–H and O–H groups in total. The monoisotopic (exact) mass is 313 g/mol. The number of ether oxygens (including phenoxy) is 1. The van der Waals surface area contributed by atoms with Gasteiger partial charge in [0.05, 0.1) is 5.56 Å². The van der Waals surface area contributed by atoms with E-state index in [0.717, 1.165) is 16.3 Å². The standard InChI is InChI=1S/C13H16BrNO3/c1-4-15(3)12(17)8-18-13-9(2)5-11(14)6-10(13)7-16/h5-7H,4,8H2,1-3H3. The number of amides is 1. The highest BCUT2D eigenvalue weighted by Gasteiger charge is 2.12. The second-order valence-corrected chi connectivity index (χ2v) is 4.87. The molecule has 0 spiro atoms. The van der Waals surface area contributed by atoms with Crippen molar-refractivity contribution in [1.29, 1.82) is 0 Å². The number of carbonyl (C=O) groups excluding carboxylic acids is 2. The zero-order valence-electron chi connectivity index (χ0n) is 10.7. The van der Waals surface area contributed by atoms with Crippen LogP contribution in [0.25, 0.3) is 0 Å². The Morgan fingerprint density at radius 1 is 1.50 bits per heavy atom. The van der Waals surface area contributed by atoms with Crippen molar-refractivity contribution in [3.8, 4) is 5.75 Å². The smallest absolute Gasteiger partial charge is 0.260 e. The van der Waals surface area contributed by atoms with Crippen molar-refractivity contribution in [3.63, 3.8) is 0 Å². The van der Waals surface area contributed by atoms with E-state index in [-0.39, 0.29) is 12.5 Å². The van der Waals surface area contributed by atoms with Crippen LogP contribution in [0.15, 0.2) is 16.6 Å². The Bertz CT molecular complexity index is 460. The van der Waals surface area contributed by atoms with Crippen LogP contribution in [0.2, 0.25) is 0 Å². The molecule has 0 radical (unpaired) electrons. The van der Waals surface area contributed by atoms with Crippen LogP contribution in [-0.2, 0) is 4.79 Å². The Balaban J connectivity index is 2.85. The van der Waals surface area contributed by atoms with E-state index in [2.05, 4.69) is 15.9 Å². The molecule has 0 aliphatic rings. The molecule has 0 bridgehead atoms. The summed E-state index contributed by atoms with van der Waals surface area (Å²) in [7, 11) is 1.71. The van der Waals surface area contributed by atoms with Gasteiger partial charge in [0, 0.05) is 18.1 Å². The van der Waals surface area contributed by atoms with Crippen molar-refractivity contribution < 1.29 is 14.3 Å². The first kappa shape index (κ1) is 14.7. The van der Waals surface area contributed by atoms with Gasteiger partial charge >= 0.3 is 0 Å². The molecule has 1 aromatic carbocycles. The Morgan fingerprint density at radius 3 is 2.72 bits per heavy atom. The summed E-state index contributed by atoms with van der Waals surface area (Å²) in [6.07, 6.45) is 0.723. The van der Waals surface area contributed by atoms with Gasteiger partial charge < -0.3 is 9.64 Å². The molecule has 1 amide bonds. The molecule has 5 heteroatoms. The molecule has 0 unspecified atom stereocenters. The molecule has 0 atom stereocenters. The first-order valence-corrected chi connectivity index (χ1v) is 6.41. The van der Waals surface area contributed by atoms with Crippen LogP contribution in [0.3, 0.4) is 0 Å². The van der Waals surface area contributed by atoms with E-state index in [4.69, 9.17) is 4.74 Å². The number of aldehydes is 1. The van der Waals surface area contributed by atoms with Crippen LogP contribution in [0.4, 0.5) is 0 Å². The van der Waals surface area contributed by atoms with Crippen LogP contribution in [0, 0.1) is 6.92 Å². The van der Waals surface area contributed by atoms with E-state index in [9.17, 15) is 9.59 Å². The highest BCUT2D eigenvalue weighted by atomic mass is 79.9. The number of aryl methyl sites for hydroxylation is 1. The van der Waals surface area contributed by atoms with E-state index in [1.807, 2.05) is 19.9 Å². The average Bonchev–Trinajstić information content (AvgIpc) is 2.35. The lowest BCUT2D eigenvalue weighted by Gasteiger charge is -2.16. The fraction of sp³-hybridized carbons (Fsp3) is 0.385. The molecule has 0 fully saturated rings. The third kappa shape index (κ3) is 3.57. The lowest BCUT2D eigenvalue weighted by Crippen LogP contribution is -2.31. The molecule has 18 heavy (non-hydrogen) atoms. The summed E-state index contributed by atoms with van der Waals surface area (Å²) in [5.74, 6) is 0.350. The van der Waals surface area contributed by atoms with Gasteiger partial charge in [-0.2, -0.15) is 0 Å². The lowest BCUT2D eigenvalue weighted by atomic mass is 10.1. The van der Waals surface area contributed by atoms with Gasteiger partial charge in [-0.25, -0.2) is 0 Å². The van der Waals surface area contributed by atoms with Crippen LogP contribution >= 0.6 is 15.9 Å². The van der Waals surface area contributed by atoms with Gasteiger partial charge in [0.1, 0.15) is 5.75 Å². The van der Waals surface area contributed by atoms with Crippen molar-refractivity contribution in [2.75, 3.05) is 20.2 Å². The zero-order chi connectivity index (χ0) is 13.7. The van der Waals surface area contributed by atoms with Crippen LogP contribution in [0.5, 0.6) is 5.75 Å². The summed E-state index contributed by atoms with van der Waals surface area (Å²) in [6, 6.07) is 3.51. The minimum Gasteiger partial charge on any atom is -0.483 e. The largest absolute Gasteiger partial charge is 0.483 e. The number of hydrogen-bond donors (Lipinski definition) is 0. The van der Waals surface area contributed by atoms with Crippen molar-refractivity contribution in [2.24, 2.45) is 0 Å². The molecule has 0 aromatic heterocycles. The average molecular weight is 314 g/mol. The molecule has 0 saturated carbocycles. The molecule has 0 saturated heterocycles. The zero-order valence-corrected chi connectivity index (χ0v) is 12.3.